The van der Waals surface area contributed by atoms with E-state index in [4.69, 9.17) is 4.74 Å². The molecule has 3 rings (SSSR count). The zero-order chi connectivity index (χ0) is 14.7. The van der Waals surface area contributed by atoms with Gasteiger partial charge in [-0.25, -0.2) is 0 Å². The van der Waals surface area contributed by atoms with Crippen LogP contribution >= 0.6 is 11.3 Å². The Bertz CT molecular complexity index is 465. The normalized spacial score (nSPS) is 24.0. The number of ether oxygens (including phenoxy) is 1. The van der Waals surface area contributed by atoms with E-state index in [1.165, 1.54) is 36.1 Å². The molecule has 1 aliphatic heterocycles. The molecule has 1 aromatic heterocycles. The lowest BCUT2D eigenvalue weighted by molar-refractivity contribution is 0.0714. The van der Waals surface area contributed by atoms with Crippen LogP contribution in [0, 0.1) is 0 Å². The number of hydrogen-bond donors (Lipinski definition) is 1. The maximum absolute atomic E-state index is 12.4. The number of rotatable bonds is 3. The maximum atomic E-state index is 12.4. The zero-order valence-corrected chi connectivity index (χ0v) is 13.6. The molecule has 1 N–H and O–H groups in total. The van der Waals surface area contributed by atoms with Crippen LogP contribution in [0.3, 0.4) is 0 Å². The topological polar surface area (TPSA) is 38.3 Å². The van der Waals surface area contributed by atoms with Gasteiger partial charge in [0.2, 0.25) is 0 Å². The van der Waals surface area contributed by atoms with Crippen molar-refractivity contribution in [2.24, 2.45) is 0 Å². The van der Waals surface area contributed by atoms with Crippen molar-refractivity contribution in [3.63, 3.8) is 0 Å². The van der Waals surface area contributed by atoms with E-state index >= 15 is 0 Å². The van der Waals surface area contributed by atoms with Gasteiger partial charge in [-0.3, -0.25) is 4.79 Å². The first-order chi connectivity index (χ1) is 10.2. The summed E-state index contributed by atoms with van der Waals surface area (Å²) in [5.74, 6) is 0.0785. The lowest BCUT2D eigenvalue weighted by atomic mass is 10.00. The van der Waals surface area contributed by atoms with E-state index in [0.717, 1.165) is 37.2 Å². The van der Waals surface area contributed by atoms with E-state index < -0.39 is 0 Å². The number of nitrogens with one attached hydrogen (secondary N) is 1. The number of aryl methyl sites for hydroxylation is 2. The van der Waals surface area contributed by atoms with Crippen LogP contribution in [0.2, 0.25) is 0 Å². The number of carbonyl (C=O) groups excluding carboxylic acids is 1. The largest absolute Gasteiger partial charge is 0.376 e. The van der Waals surface area contributed by atoms with Gasteiger partial charge < -0.3 is 10.1 Å². The van der Waals surface area contributed by atoms with E-state index in [0.29, 0.717) is 0 Å². The molecule has 3 nitrogen and oxygen atoms in total. The fraction of sp³-hybridized carbons (Fsp3) is 0.706. The molecule has 1 fully saturated rings. The van der Waals surface area contributed by atoms with Crippen LogP contribution in [-0.2, 0) is 17.6 Å². The van der Waals surface area contributed by atoms with Crippen LogP contribution in [0.15, 0.2) is 6.07 Å². The van der Waals surface area contributed by atoms with E-state index in [9.17, 15) is 4.79 Å². The second kappa shape index (κ2) is 6.93. The summed E-state index contributed by atoms with van der Waals surface area (Å²) in [6.07, 6.45) is 9.82. The second-order valence-electron chi connectivity index (χ2n) is 6.29. The molecular formula is C17H25NO2S. The molecular weight excluding hydrogens is 282 g/mol. The summed E-state index contributed by atoms with van der Waals surface area (Å²) in [5.41, 5.74) is 1.41. The predicted molar refractivity (Wildman–Crippen MR) is 86.1 cm³/mol. The van der Waals surface area contributed by atoms with Gasteiger partial charge in [0.1, 0.15) is 0 Å². The molecule has 0 aromatic carbocycles. The van der Waals surface area contributed by atoms with E-state index in [-0.39, 0.29) is 18.1 Å². The van der Waals surface area contributed by atoms with Crippen LogP contribution in [0.5, 0.6) is 0 Å². The van der Waals surface area contributed by atoms with Crippen molar-refractivity contribution >= 4 is 17.2 Å². The molecule has 2 atom stereocenters. The van der Waals surface area contributed by atoms with E-state index in [2.05, 4.69) is 18.3 Å². The molecule has 0 spiro atoms. The minimum atomic E-state index is 0.0785. The maximum Gasteiger partial charge on any atom is 0.261 e. The minimum Gasteiger partial charge on any atom is -0.376 e. The van der Waals surface area contributed by atoms with Crippen molar-refractivity contribution in [3.8, 4) is 0 Å². The highest BCUT2D eigenvalue weighted by Gasteiger charge is 2.25. The van der Waals surface area contributed by atoms with Crippen molar-refractivity contribution in [2.75, 3.05) is 6.61 Å². The highest BCUT2D eigenvalue weighted by molar-refractivity contribution is 7.14. The summed E-state index contributed by atoms with van der Waals surface area (Å²) in [4.78, 5) is 14.8. The van der Waals surface area contributed by atoms with Crippen LogP contribution in [-0.4, -0.2) is 24.7 Å². The van der Waals surface area contributed by atoms with Gasteiger partial charge in [0.05, 0.1) is 17.0 Å². The number of carbonyl (C=O) groups is 1. The van der Waals surface area contributed by atoms with Crippen molar-refractivity contribution in [1.29, 1.82) is 0 Å². The highest BCUT2D eigenvalue weighted by atomic mass is 32.1. The smallest absolute Gasteiger partial charge is 0.261 e. The van der Waals surface area contributed by atoms with Gasteiger partial charge >= 0.3 is 0 Å². The molecule has 1 saturated heterocycles. The van der Waals surface area contributed by atoms with Gasteiger partial charge in [-0.05, 0) is 57.1 Å². The quantitative estimate of drug-likeness (QED) is 0.924. The number of thiophene rings is 1. The number of fused-ring (bicyclic) bond motifs is 1. The first kappa shape index (κ1) is 15.0. The molecule has 1 aliphatic carbocycles. The lowest BCUT2D eigenvalue weighted by Gasteiger charge is -2.19. The third-order valence-corrected chi connectivity index (χ3v) is 5.84. The first-order valence-corrected chi connectivity index (χ1v) is 9.10. The van der Waals surface area contributed by atoms with Crippen LogP contribution in [0.1, 0.15) is 65.6 Å². The van der Waals surface area contributed by atoms with Crippen molar-refractivity contribution in [1.82, 2.24) is 5.32 Å². The average Bonchev–Trinajstić information content (AvgIpc) is 3.08. The van der Waals surface area contributed by atoms with Crippen molar-refractivity contribution in [3.05, 3.63) is 21.4 Å². The Kier molecular flexibility index (Phi) is 4.96. The molecule has 0 unspecified atom stereocenters. The molecule has 1 amide bonds. The summed E-state index contributed by atoms with van der Waals surface area (Å²) < 4.78 is 5.65. The van der Waals surface area contributed by atoms with Gasteiger partial charge in [-0.2, -0.15) is 0 Å². The van der Waals surface area contributed by atoms with Crippen LogP contribution in [0.25, 0.3) is 0 Å². The van der Waals surface area contributed by atoms with E-state index in [1.807, 2.05) is 0 Å². The van der Waals surface area contributed by atoms with Gasteiger partial charge in [-0.1, -0.05) is 12.8 Å². The minimum absolute atomic E-state index is 0.0785. The van der Waals surface area contributed by atoms with Crippen LogP contribution < -0.4 is 5.32 Å². The van der Waals surface area contributed by atoms with Crippen LogP contribution in [0.4, 0.5) is 0 Å². The van der Waals surface area contributed by atoms with Gasteiger partial charge in [0.15, 0.2) is 0 Å². The highest BCUT2D eigenvalue weighted by Crippen LogP contribution is 2.28. The summed E-state index contributed by atoms with van der Waals surface area (Å²) in [7, 11) is 0. The standard InChI is InChI=1S/C17H25NO2S/c1-12(14-8-6-10-20-14)18-17(19)16-11-13-7-4-2-3-5-9-15(13)21-16/h11-12,14H,2-10H2,1H3,(H,18,19)/t12-,14+/m0/s1. The average molecular weight is 307 g/mol. The summed E-state index contributed by atoms with van der Waals surface area (Å²) in [5, 5.41) is 3.12. The van der Waals surface area contributed by atoms with Gasteiger partial charge in [-0.15, -0.1) is 11.3 Å². The Morgan fingerprint density at radius 1 is 1.29 bits per heavy atom. The first-order valence-electron chi connectivity index (χ1n) is 8.28. The molecule has 2 aliphatic rings. The second-order valence-corrected chi connectivity index (χ2v) is 7.42. The lowest BCUT2D eigenvalue weighted by Crippen LogP contribution is -2.40. The summed E-state index contributed by atoms with van der Waals surface area (Å²) >= 11 is 1.70. The van der Waals surface area contributed by atoms with Gasteiger partial charge in [0.25, 0.3) is 5.91 Å². The molecule has 4 heteroatoms. The Labute approximate surface area is 131 Å². The molecule has 0 bridgehead atoms. The molecule has 116 valence electrons. The molecule has 2 heterocycles. The molecule has 21 heavy (non-hydrogen) atoms. The van der Waals surface area contributed by atoms with Gasteiger partial charge in [0, 0.05) is 11.5 Å². The Hall–Kier alpha value is -0.870. The molecule has 0 saturated carbocycles. The summed E-state index contributed by atoms with van der Waals surface area (Å²) in [6, 6.07) is 2.23. The van der Waals surface area contributed by atoms with Crippen molar-refractivity contribution < 1.29 is 9.53 Å². The summed E-state index contributed by atoms with van der Waals surface area (Å²) in [6.45, 7) is 2.88. The Balaban J connectivity index is 1.65. The zero-order valence-electron chi connectivity index (χ0n) is 12.8. The van der Waals surface area contributed by atoms with Crippen molar-refractivity contribution in [2.45, 2.75) is 70.4 Å². The fourth-order valence-electron chi connectivity index (χ4n) is 3.32. The molecule has 1 aromatic rings. The Morgan fingerprint density at radius 3 is 2.86 bits per heavy atom. The fourth-order valence-corrected chi connectivity index (χ4v) is 4.48. The Morgan fingerprint density at radius 2 is 2.10 bits per heavy atom. The SMILES string of the molecule is C[C@H](NC(=O)c1cc2c(s1)CCCCCC2)[C@H]1CCCO1. The number of hydrogen-bond acceptors (Lipinski definition) is 3. The number of amides is 1. The predicted octanol–water partition coefficient (Wildman–Crippen LogP) is 3.70. The third kappa shape index (κ3) is 3.67. The monoisotopic (exact) mass is 307 g/mol. The third-order valence-electron chi connectivity index (χ3n) is 4.60. The van der Waals surface area contributed by atoms with E-state index in [1.54, 1.807) is 11.3 Å². The molecule has 0 radical (unpaired) electrons.